The molecule has 0 bridgehead atoms. The minimum Gasteiger partial charge on any atom is -0.264 e. The van der Waals surface area contributed by atoms with Crippen LogP contribution in [0.4, 0.5) is 0 Å². The summed E-state index contributed by atoms with van der Waals surface area (Å²) in [6.45, 7) is 6.48. The van der Waals surface area contributed by atoms with Crippen molar-refractivity contribution in [3.8, 4) is 0 Å². The molecule has 0 radical (unpaired) electrons. The fraction of sp³-hybridized carbons (Fsp3) is 0.429. The normalized spacial score (nSPS) is 11.8. The molecule has 10 heavy (non-hydrogen) atoms. The van der Waals surface area contributed by atoms with Crippen molar-refractivity contribution in [3.63, 3.8) is 0 Å². The van der Waals surface area contributed by atoms with E-state index in [1.165, 1.54) is 26.0 Å². The lowest BCUT2D eigenvalue weighted by atomic mass is 10.1. The molecule has 0 rings (SSSR count). The molecule has 0 aliphatic rings. The molecule has 0 unspecified atom stereocenters. The van der Waals surface area contributed by atoms with E-state index in [1.807, 2.05) is 0 Å². The highest BCUT2D eigenvalue weighted by atomic mass is 16.6. The van der Waals surface area contributed by atoms with Crippen LogP contribution in [-0.4, -0.2) is 10.5 Å². The second-order valence-corrected chi connectivity index (χ2v) is 2.51. The molecule has 0 aromatic heterocycles. The zero-order valence-corrected chi connectivity index (χ0v) is 6.20. The molecule has 0 atom stereocenters. The Labute approximate surface area is 60.2 Å². The van der Waals surface area contributed by atoms with Gasteiger partial charge in [-0.25, -0.2) is 0 Å². The molecule has 0 aromatic carbocycles. The zero-order valence-electron chi connectivity index (χ0n) is 6.20. The molecular weight excluding hydrogens is 130 g/mol. The van der Waals surface area contributed by atoms with Crippen LogP contribution >= 0.6 is 0 Å². The molecule has 0 heterocycles. The van der Waals surface area contributed by atoms with Crippen LogP contribution in [0.5, 0.6) is 0 Å². The van der Waals surface area contributed by atoms with Crippen LogP contribution in [0.3, 0.4) is 0 Å². The average Bonchev–Trinajstić information content (AvgIpc) is 1.84. The van der Waals surface area contributed by atoms with Crippen LogP contribution < -0.4 is 0 Å². The summed E-state index contributed by atoms with van der Waals surface area (Å²) in [6, 6.07) is 0. The molecule has 0 aliphatic heterocycles. The molecule has 0 amide bonds. The van der Waals surface area contributed by atoms with Crippen molar-refractivity contribution in [2.45, 2.75) is 19.4 Å². The van der Waals surface area contributed by atoms with Crippen molar-refractivity contribution in [1.82, 2.24) is 0 Å². The van der Waals surface area contributed by atoms with Crippen LogP contribution in [-0.2, 0) is 0 Å². The first kappa shape index (κ1) is 8.88. The van der Waals surface area contributed by atoms with Gasteiger partial charge < -0.3 is 0 Å². The van der Waals surface area contributed by atoms with E-state index < -0.39 is 5.54 Å². The van der Waals surface area contributed by atoms with E-state index in [0.29, 0.717) is 0 Å². The summed E-state index contributed by atoms with van der Waals surface area (Å²) < 4.78 is 0. The summed E-state index contributed by atoms with van der Waals surface area (Å²) in [7, 11) is 0. The summed E-state index contributed by atoms with van der Waals surface area (Å²) in [5, 5.41) is 10.2. The predicted molar refractivity (Wildman–Crippen MR) is 40.4 cm³/mol. The SMILES string of the molecule is C=C/C=C/C(C)(C)[N+](=O)[O-]. The lowest BCUT2D eigenvalue weighted by molar-refractivity contribution is -0.545. The Hall–Kier alpha value is -1.12. The van der Waals surface area contributed by atoms with Crippen molar-refractivity contribution in [2.24, 2.45) is 0 Å². The maximum atomic E-state index is 10.2. The molecule has 3 nitrogen and oxygen atoms in total. The van der Waals surface area contributed by atoms with Gasteiger partial charge in [-0.15, -0.1) is 0 Å². The minimum absolute atomic E-state index is 0.340. The third kappa shape index (κ3) is 2.44. The number of hydrogen-bond acceptors (Lipinski definition) is 2. The van der Waals surface area contributed by atoms with Crippen LogP contribution in [0.15, 0.2) is 24.8 Å². The van der Waals surface area contributed by atoms with Gasteiger partial charge in [0, 0.05) is 18.8 Å². The molecule has 0 fully saturated rings. The third-order valence-corrected chi connectivity index (χ3v) is 1.11. The van der Waals surface area contributed by atoms with E-state index in [4.69, 9.17) is 0 Å². The first-order valence-electron chi connectivity index (χ1n) is 2.95. The number of hydrogen-bond donors (Lipinski definition) is 0. The van der Waals surface area contributed by atoms with E-state index in [-0.39, 0.29) is 4.92 Å². The summed E-state index contributed by atoms with van der Waals surface area (Å²) >= 11 is 0. The second kappa shape index (κ2) is 3.15. The van der Waals surface area contributed by atoms with E-state index in [9.17, 15) is 10.1 Å². The highest BCUT2D eigenvalue weighted by Gasteiger charge is 2.25. The van der Waals surface area contributed by atoms with E-state index >= 15 is 0 Å². The molecule has 0 aromatic rings. The maximum absolute atomic E-state index is 10.2. The van der Waals surface area contributed by atoms with Crippen molar-refractivity contribution >= 4 is 0 Å². The van der Waals surface area contributed by atoms with Gasteiger partial charge in [0.1, 0.15) is 0 Å². The van der Waals surface area contributed by atoms with Gasteiger partial charge in [0.15, 0.2) is 0 Å². The largest absolute Gasteiger partial charge is 0.264 e. The van der Waals surface area contributed by atoms with Gasteiger partial charge in [-0.3, -0.25) is 10.1 Å². The van der Waals surface area contributed by atoms with Crippen molar-refractivity contribution < 1.29 is 4.92 Å². The van der Waals surface area contributed by atoms with Gasteiger partial charge >= 0.3 is 0 Å². The van der Waals surface area contributed by atoms with Crippen LogP contribution in [0.2, 0.25) is 0 Å². The van der Waals surface area contributed by atoms with E-state index in [2.05, 4.69) is 6.58 Å². The van der Waals surface area contributed by atoms with Crippen molar-refractivity contribution in [1.29, 1.82) is 0 Å². The fourth-order valence-corrected chi connectivity index (χ4v) is 0.364. The van der Waals surface area contributed by atoms with Gasteiger partial charge in [-0.05, 0) is 6.08 Å². The maximum Gasteiger partial charge on any atom is 0.235 e. The van der Waals surface area contributed by atoms with Crippen molar-refractivity contribution in [3.05, 3.63) is 34.9 Å². The third-order valence-electron chi connectivity index (χ3n) is 1.11. The Morgan fingerprint density at radius 3 is 2.40 bits per heavy atom. The monoisotopic (exact) mass is 141 g/mol. The summed E-state index contributed by atoms with van der Waals surface area (Å²) in [4.78, 5) is 9.91. The highest BCUT2D eigenvalue weighted by molar-refractivity contribution is 5.04. The predicted octanol–water partition coefficient (Wildman–Crippen LogP) is 1.78. The Morgan fingerprint density at radius 1 is 1.60 bits per heavy atom. The van der Waals surface area contributed by atoms with Crippen LogP contribution in [0.25, 0.3) is 0 Å². The first-order valence-corrected chi connectivity index (χ1v) is 2.95. The van der Waals surface area contributed by atoms with Gasteiger partial charge in [-0.1, -0.05) is 18.7 Å². The summed E-state index contributed by atoms with van der Waals surface area (Å²) in [6.07, 6.45) is 4.59. The molecule has 56 valence electrons. The van der Waals surface area contributed by atoms with Gasteiger partial charge in [0.2, 0.25) is 5.54 Å². The molecule has 0 N–H and O–H groups in total. The van der Waals surface area contributed by atoms with E-state index in [0.717, 1.165) is 0 Å². The molecule has 0 saturated heterocycles. The molecule has 0 saturated carbocycles. The Bertz CT molecular complexity index is 170. The number of allylic oxidation sites excluding steroid dienone is 2. The van der Waals surface area contributed by atoms with E-state index in [1.54, 1.807) is 6.08 Å². The molecule has 0 spiro atoms. The molecule has 3 heteroatoms. The Kier molecular flexibility index (Phi) is 2.80. The Balaban J connectivity index is 4.25. The van der Waals surface area contributed by atoms with Gasteiger partial charge in [-0.2, -0.15) is 0 Å². The molecule has 0 aliphatic carbocycles. The fourth-order valence-electron chi connectivity index (χ4n) is 0.364. The number of nitro groups is 1. The van der Waals surface area contributed by atoms with Gasteiger partial charge in [0.25, 0.3) is 0 Å². The lowest BCUT2D eigenvalue weighted by Crippen LogP contribution is -2.27. The summed E-state index contributed by atoms with van der Waals surface area (Å²) in [5.74, 6) is 0. The first-order chi connectivity index (χ1) is 4.50. The molecular formula is C7H11NO2. The van der Waals surface area contributed by atoms with Gasteiger partial charge in [0.05, 0.1) is 0 Å². The zero-order chi connectivity index (χ0) is 8.20. The average molecular weight is 141 g/mol. The highest BCUT2D eigenvalue weighted by Crippen LogP contribution is 2.08. The standard InChI is InChI=1S/C7H11NO2/c1-4-5-6-7(2,3)8(9)10/h4-6H,1H2,2-3H3/b6-5+. The number of rotatable bonds is 3. The number of nitrogens with zero attached hydrogens (tertiary/aromatic N) is 1. The van der Waals surface area contributed by atoms with Crippen molar-refractivity contribution in [2.75, 3.05) is 0 Å². The van der Waals surface area contributed by atoms with Crippen LogP contribution in [0, 0.1) is 10.1 Å². The second-order valence-electron chi connectivity index (χ2n) is 2.51. The minimum atomic E-state index is -0.978. The Morgan fingerprint density at radius 2 is 2.10 bits per heavy atom. The quantitative estimate of drug-likeness (QED) is 0.341. The van der Waals surface area contributed by atoms with Crippen LogP contribution in [0.1, 0.15) is 13.8 Å². The topological polar surface area (TPSA) is 43.1 Å². The lowest BCUT2D eigenvalue weighted by Gasteiger charge is -2.08. The smallest absolute Gasteiger partial charge is 0.235 e. The summed E-state index contributed by atoms with van der Waals surface area (Å²) in [5.41, 5.74) is -0.978.